The lowest BCUT2D eigenvalue weighted by Crippen LogP contribution is -2.44. The normalized spacial score (nSPS) is 14.8. The number of aryl methyl sites for hydroxylation is 1. The Labute approximate surface area is 167 Å². The van der Waals surface area contributed by atoms with Gasteiger partial charge in [-0.05, 0) is 44.1 Å². The predicted molar refractivity (Wildman–Crippen MR) is 109 cm³/mol. The Kier molecular flexibility index (Phi) is 8.95. The molecule has 1 N–H and O–H groups in total. The molecular formula is C16H22BrCl2N3OS. The van der Waals surface area contributed by atoms with Crippen molar-refractivity contribution in [3.63, 3.8) is 0 Å². The topological polar surface area (TPSA) is 45.2 Å². The van der Waals surface area contributed by atoms with Gasteiger partial charge in [0.25, 0.3) is 0 Å². The first-order valence-electron chi connectivity index (χ1n) is 7.65. The number of hydrogen-bond donors (Lipinski definition) is 1. The number of piperidine rings is 1. The van der Waals surface area contributed by atoms with Crippen LogP contribution in [0.3, 0.4) is 0 Å². The molecule has 0 saturated carbocycles. The molecule has 2 aromatic rings. The van der Waals surface area contributed by atoms with Gasteiger partial charge in [0.15, 0.2) is 0 Å². The maximum absolute atomic E-state index is 12.4. The molecule has 1 amide bonds. The summed E-state index contributed by atoms with van der Waals surface area (Å²) in [6.45, 7) is 2.02. The number of halogens is 3. The third-order valence-corrected chi connectivity index (χ3v) is 5.79. The molecule has 0 atom stereocenters. The zero-order chi connectivity index (χ0) is 15.5. The van der Waals surface area contributed by atoms with E-state index in [4.69, 9.17) is 0 Å². The average molecular weight is 455 g/mol. The number of thiazole rings is 1. The minimum atomic E-state index is 0. The van der Waals surface area contributed by atoms with Gasteiger partial charge in [0.05, 0.1) is 15.2 Å². The largest absolute Gasteiger partial charge is 0.343 e. The molecule has 2 heterocycles. The molecule has 0 aliphatic carbocycles. The second-order valence-electron chi connectivity index (χ2n) is 5.71. The number of benzene rings is 1. The quantitative estimate of drug-likeness (QED) is 0.757. The van der Waals surface area contributed by atoms with Gasteiger partial charge < -0.3 is 10.2 Å². The zero-order valence-corrected chi connectivity index (χ0v) is 17.5. The summed E-state index contributed by atoms with van der Waals surface area (Å²) < 4.78 is 2.22. The standard InChI is InChI=1S/C16H20BrN3OS.2ClH/c1-20(12-6-8-18-9-7-12)16(21)5-4-15-19-13-10-11(17)2-3-14(13)22-15;;/h2-3,10,12,18H,4-9H2,1H3;2*1H. The number of carbonyl (C=O) groups excluding carboxylic acids is 1. The number of amides is 1. The highest BCUT2D eigenvalue weighted by Crippen LogP contribution is 2.26. The molecule has 0 bridgehead atoms. The van der Waals surface area contributed by atoms with Crippen LogP contribution in [-0.2, 0) is 11.2 Å². The van der Waals surface area contributed by atoms with E-state index in [9.17, 15) is 4.79 Å². The molecule has 1 aliphatic heterocycles. The van der Waals surface area contributed by atoms with Crippen molar-refractivity contribution in [2.75, 3.05) is 20.1 Å². The molecule has 0 radical (unpaired) electrons. The van der Waals surface area contributed by atoms with Crippen molar-refractivity contribution in [1.29, 1.82) is 0 Å². The van der Waals surface area contributed by atoms with E-state index in [1.807, 2.05) is 24.1 Å². The Bertz CT molecular complexity index is 676. The highest BCUT2D eigenvalue weighted by atomic mass is 79.9. The molecular weight excluding hydrogens is 433 g/mol. The summed E-state index contributed by atoms with van der Waals surface area (Å²) in [6, 6.07) is 6.52. The van der Waals surface area contributed by atoms with Crippen molar-refractivity contribution in [2.45, 2.75) is 31.7 Å². The third kappa shape index (κ3) is 5.30. The molecule has 3 rings (SSSR count). The molecule has 1 aromatic heterocycles. The van der Waals surface area contributed by atoms with Crippen LogP contribution in [-0.4, -0.2) is 42.0 Å². The number of aromatic nitrogens is 1. The van der Waals surface area contributed by atoms with Crippen LogP contribution in [0.2, 0.25) is 0 Å². The van der Waals surface area contributed by atoms with Gasteiger partial charge in [-0.15, -0.1) is 36.2 Å². The van der Waals surface area contributed by atoms with Gasteiger partial charge in [0.2, 0.25) is 5.91 Å². The molecule has 24 heavy (non-hydrogen) atoms. The van der Waals surface area contributed by atoms with Crippen LogP contribution >= 0.6 is 52.1 Å². The van der Waals surface area contributed by atoms with E-state index in [1.165, 1.54) is 4.70 Å². The van der Waals surface area contributed by atoms with Crippen molar-refractivity contribution in [2.24, 2.45) is 0 Å². The first-order valence-corrected chi connectivity index (χ1v) is 9.26. The second-order valence-corrected chi connectivity index (χ2v) is 7.74. The van der Waals surface area contributed by atoms with Crippen LogP contribution in [0.4, 0.5) is 0 Å². The number of carbonyl (C=O) groups is 1. The summed E-state index contributed by atoms with van der Waals surface area (Å²) in [6.07, 6.45) is 3.38. The van der Waals surface area contributed by atoms with Crippen LogP contribution in [0.15, 0.2) is 22.7 Å². The lowest BCUT2D eigenvalue weighted by atomic mass is 10.0. The Balaban J connectivity index is 0.00000144. The van der Waals surface area contributed by atoms with Gasteiger partial charge in [-0.2, -0.15) is 0 Å². The molecule has 1 fully saturated rings. The van der Waals surface area contributed by atoms with E-state index >= 15 is 0 Å². The fourth-order valence-electron chi connectivity index (χ4n) is 2.84. The van der Waals surface area contributed by atoms with E-state index in [1.54, 1.807) is 11.3 Å². The minimum Gasteiger partial charge on any atom is -0.343 e. The molecule has 4 nitrogen and oxygen atoms in total. The van der Waals surface area contributed by atoms with E-state index < -0.39 is 0 Å². The second kappa shape index (κ2) is 9.92. The molecule has 1 aromatic carbocycles. The Hall–Kier alpha value is -0.400. The molecule has 1 saturated heterocycles. The summed E-state index contributed by atoms with van der Waals surface area (Å²) >= 11 is 5.15. The smallest absolute Gasteiger partial charge is 0.222 e. The summed E-state index contributed by atoms with van der Waals surface area (Å²) in [5.74, 6) is 0.229. The molecule has 1 aliphatic rings. The van der Waals surface area contributed by atoms with Crippen molar-refractivity contribution >= 4 is 68.2 Å². The number of nitrogens with zero attached hydrogens (tertiary/aromatic N) is 2. The molecule has 134 valence electrons. The van der Waals surface area contributed by atoms with Crippen LogP contribution < -0.4 is 5.32 Å². The Morgan fingerprint density at radius 3 is 2.79 bits per heavy atom. The maximum atomic E-state index is 12.4. The van der Waals surface area contributed by atoms with Crippen LogP contribution in [0.5, 0.6) is 0 Å². The number of hydrogen-bond acceptors (Lipinski definition) is 4. The van der Waals surface area contributed by atoms with Gasteiger partial charge in [-0.1, -0.05) is 15.9 Å². The van der Waals surface area contributed by atoms with Gasteiger partial charge in [-0.3, -0.25) is 4.79 Å². The summed E-state index contributed by atoms with van der Waals surface area (Å²) in [4.78, 5) is 18.9. The lowest BCUT2D eigenvalue weighted by molar-refractivity contribution is -0.132. The minimum absolute atomic E-state index is 0. The van der Waals surface area contributed by atoms with Crippen molar-refractivity contribution < 1.29 is 4.79 Å². The first-order chi connectivity index (χ1) is 10.6. The molecule has 8 heteroatoms. The summed E-state index contributed by atoms with van der Waals surface area (Å²) in [7, 11) is 1.94. The van der Waals surface area contributed by atoms with Gasteiger partial charge in [-0.25, -0.2) is 4.98 Å². The van der Waals surface area contributed by atoms with Crippen molar-refractivity contribution in [3.05, 3.63) is 27.7 Å². The molecule has 0 unspecified atom stereocenters. The first kappa shape index (κ1) is 21.6. The molecule has 0 spiro atoms. The van der Waals surface area contributed by atoms with Gasteiger partial charge in [0, 0.05) is 30.4 Å². The lowest BCUT2D eigenvalue weighted by Gasteiger charge is -2.31. The summed E-state index contributed by atoms with van der Waals surface area (Å²) in [5, 5.41) is 4.38. The number of fused-ring (bicyclic) bond motifs is 1. The average Bonchev–Trinajstić information content (AvgIpc) is 2.94. The van der Waals surface area contributed by atoms with E-state index in [0.29, 0.717) is 12.5 Å². The predicted octanol–water partition coefficient (Wildman–Crippen LogP) is 4.05. The monoisotopic (exact) mass is 453 g/mol. The highest BCUT2D eigenvalue weighted by molar-refractivity contribution is 9.10. The maximum Gasteiger partial charge on any atom is 0.222 e. The van der Waals surface area contributed by atoms with Crippen LogP contribution in [0, 0.1) is 0 Å². The van der Waals surface area contributed by atoms with E-state index in [-0.39, 0.29) is 30.7 Å². The number of rotatable bonds is 4. The van der Waals surface area contributed by atoms with Gasteiger partial charge >= 0.3 is 0 Å². The third-order valence-electron chi connectivity index (χ3n) is 4.20. The van der Waals surface area contributed by atoms with Gasteiger partial charge in [0.1, 0.15) is 0 Å². The SMILES string of the molecule is CN(C(=O)CCc1nc2cc(Br)ccc2s1)C1CCNCC1.Cl.Cl. The Morgan fingerprint density at radius 2 is 2.08 bits per heavy atom. The summed E-state index contributed by atoms with van der Waals surface area (Å²) in [5.41, 5.74) is 1.01. The van der Waals surface area contributed by atoms with Crippen LogP contribution in [0.1, 0.15) is 24.3 Å². The van der Waals surface area contributed by atoms with Crippen molar-refractivity contribution in [3.8, 4) is 0 Å². The van der Waals surface area contributed by atoms with Crippen molar-refractivity contribution in [1.82, 2.24) is 15.2 Å². The van der Waals surface area contributed by atoms with E-state index in [0.717, 1.165) is 47.3 Å². The fourth-order valence-corrected chi connectivity index (χ4v) is 4.14. The van der Waals surface area contributed by atoms with Crippen LogP contribution in [0.25, 0.3) is 10.2 Å². The Morgan fingerprint density at radius 1 is 1.38 bits per heavy atom. The zero-order valence-electron chi connectivity index (χ0n) is 13.5. The fraction of sp³-hybridized carbons (Fsp3) is 0.500. The van der Waals surface area contributed by atoms with E-state index in [2.05, 4.69) is 32.3 Å². The number of nitrogens with one attached hydrogen (secondary N) is 1. The highest BCUT2D eigenvalue weighted by Gasteiger charge is 2.21.